The van der Waals surface area contributed by atoms with Gasteiger partial charge in [-0.15, -0.1) is 0 Å². The Hall–Kier alpha value is -1.94. The van der Waals surface area contributed by atoms with E-state index in [-0.39, 0.29) is 0 Å². The van der Waals surface area contributed by atoms with E-state index in [1.54, 1.807) is 12.4 Å². The summed E-state index contributed by atoms with van der Waals surface area (Å²) in [6.45, 7) is 0.737. The van der Waals surface area contributed by atoms with E-state index in [2.05, 4.69) is 73.7 Å². The van der Waals surface area contributed by atoms with Crippen molar-refractivity contribution in [3.8, 4) is 0 Å². The van der Waals surface area contributed by atoms with Crippen molar-refractivity contribution < 1.29 is 0 Å². The molecular weight excluding hydrogens is 302 g/mol. The minimum Gasteiger partial charge on any atom is -0.365 e. The zero-order valence-corrected chi connectivity index (χ0v) is 11.8. The van der Waals surface area contributed by atoms with Crippen LogP contribution in [0, 0.1) is 0 Å². The average molecular weight is 314 g/mol. The molecule has 2 aromatic carbocycles. The van der Waals surface area contributed by atoms with Crippen molar-refractivity contribution in [2.45, 2.75) is 6.54 Å². The van der Waals surface area contributed by atoms with E-state index in [9.17, 15) is 0 Å². The zero-order chi connectivity index (χ0) is 13.1. The molecule has 1 N–H and O–H groups in total. The lowest BCUT2D eigenvalue weighted by Crippen LogP contribution is -2.01. The molecule has 3 aromatic rings. The Morgan fingerprint density at radius 3 is 2.58 bits per heavy atom. The first-order valence-corrected chi connectivity index (χ1v) is 6.80. The second-order valence-electron chi connectivity index (χ2n) is 4.26. The van der Waals surface area contributed by atoms with E-state index in [1.807, 2.05) is 0 Å². The van der Waals surface area contributed by atoms with Crippen molar-refractivity contribution in [2.24, 2.45) is 0 Å². The summed E-state index contributed by atoms with van der Waals surface area (Å²) in [4.78, 5) is 8.37. The van der Waals surface area contributed by atoms with Crippen LogP contribution in [0.1, 0.15) is 5.56 Å². The Labute approximate surface area is 119 Å². The van der Waals surface area contributed by atoms with Crippen LogP contribution in [-0.2, 0) is 6.54 Å². The molecule has 3 rings (SSSR count). The molecule has 4 heteroatoms. The van der Waals surface area contributed by atoms with Crippen LogP contribution >= 0.6 is 15.9 Å². The number of nitrogens with one attached hydrogen (secondary N) is 1. The largest absolute Gasteiger partial charge is 0.365 e. The Bertz CT molecular complexity index is 695. The number of benzene rings is 2. The van der Waals surface area contributed by atoms with Crippen LogP contribution in [0.3, 0.4) is 0 Å². The van der Waals surface area contributed by atoms with Crippen LogP contribution < -0.4 is 5.32 Å². The Morgan fingerprint density at radius 1 is 0.947 bits per heavy atom. The van der Waals surface area contributed by atoms with Gasteiger partial charge in [-0.05, 0) is 38.3 Å². The third-order valence-electron chi connectivity index (χ3n) is 2.91. The van der Waals surface area contributed by atoms with Gasteiger partial charge in [0.15, 0.2) is 0 Å². The van der Waals surface area contributed by atoms with Gasteiger partial charge in [0.25, 0.3) is 0 Å². The standard InChI is InChI=1S/C15H12BrN3/c16-14-9-19-15(10-17-14)18-8-11-5-6-12-3-1-2-4-13(12)7-11/h1-7,9-10H,8H2,(H,18,19). The van der Waals surface area contributed by atoms with Gasteiger partial charge in [-0.2, -0.15) is 0 Å². The molecule has 19 heavy (non-hydrogen) atoms. The Kier molecular flexibility index (Phi) is 3.42. The summed E-state index contributed by atoms with van der Waals surface area (Å²) >= 11 is 3.27. The summed E-state index contributed by atoms with van der Waals surface area (Å²) in [6.07, 6.45) is 3.40. The second-order valence-corrected chi connectivity index (χ2v) is 5.07. The predicted octanol–water partition coefficient (Wildman–Crippen LogP) is 4.00. The average Bonchev–Trinajstić information content (AvgIpc) is 2.46. The van der Waals surface area contributed by atoms with Gasteiger partial charge in [-0.25, -0.2) is 9.97 Å². The maximum absolute atomic E-state index is 4.24. The summed E-state index contributed by atoms with van der Waals surface area (Å²) in [7, 11) is 0. The number of fused-ring (bicyclic) bond motifs is 1. The lowest BCUT2D eigenvalue weighted by atomic mass is 10.1. The summed E-state index contributed by atoms with van der Waals surface area (Å²) in [5, 5.41) is 5.77. The molecular formula is C15H12BrN3. The van der Waals surface area contributed by atoms with Crippen molar-refractivity contribution in [3.05, 3.63) is 65.0 Å². The molecule has 0 fully saturated rings. The molecule has 1 aromatic heterocycles. The molecule has 0 unspecified atom stereocenters. The van der Waals surface area contributed by atoms with E-state index in [4.69, 9.17) is 0 Å². The SMILES string of the molecule is Brc1cnc(NCc2ccc3ccccc3c2)cn1. The smallest absolute Gasteiger partial charge is 0.144 e. The molecule has 3 nitrogen and oxygen atoms in total. The van der Waals surface area contributed by atoms with Crippen LogP contribution in [0.4, 0.5) is 5.82 Å². The molecule has 0 amide bonds. The highest BCUT2D eigenvalue weighted by Gasteiger charge is 1.98. The van der Waals surface area contributed by atoms with E-state index >= 15 is 0 Å². The number of rotatable bonds is 3. The van der Waals surface area contributed by atoms with E-state index < -0.39 is 0 Å². The van der Waals surface area contributed by atoms with E-state index in [0.717, 1.165) is 17.0 Å². The summed E-state index contributed by atoms with van der Waals surface area (Å²) < 4.78 is 0.740. The van der Waals surface area contributed by atoms with Crippen molar-refractivity contribution in [2.75, 3.05) is 5.32 Å². The van der Waals surface area contributed by atoms with Gasteiger partial charge in [0.2, 0.25) is 0 Å². The van der Waals surface area contributed by atoms with Crippen LogP contribution in [-0.4, -0.2) is 9.97 Å². The van der Waals surface area contributed by atoms with Gasteiger partial charge in [0, 0.05) is 6.54 Å². The van der Waals surface area contributed by atoms with Crippen LogP contribution in [0.2, 0.25) is 0 Å². The molecule has 0 atom stereocenters. The third-order valence-corrected chi connectivity index (χ3v) is 3.32. The molecule has 0 spiro atoms. The number of hydrogen-bond donors (Lipinski definition) is 1. The summed E-state index contributed by atoms with van der Waals surface area (Å²) in [5.41, 5.74) is 1.23. The monoisotopic (exact) mass is 313 g/mol. The highest BCUT2D eigenvalue weighted by molar-refractivity contribution is 9.10. The van der Waals surface area contributed by atoms with Crippen molar-refractivity contribution in [3.63, 3.8) is 0 Å². The number of anilines is 1. The zero-order valence-electron chi connectivity index (χ0n) is 10.2. The molecule has 0 bridgehead atoms. The molecule has 0 aliphatic heterocycles. The molecule has 0 radical (unpaired) electrons. The Morgan fingerprint density at radius 2 is 1.79 bits per heavy atom. The lowest BCUT2D eigenvalue weighted by molar-refractivity contribution is 1.08. The summed E-state index contributed by atoms with van der Waals surface area (Å²) in [5.74, 6) is 0.774. The van der Waals surface area contributed by atoms with Gasteiger partial charge < -0.3 is 5.32 Å². The normalized spacial score (nSPS) is 10.6. The molecule has 0 aliphatic carbocycles. The molecule has 0 saturated carbocycles. The lowest BCUT2D eigenvalue weighted by Gasteiger charge is -2.06. The number of halogens is 1. The van der Waals surface area contributed by atoms with Crippen LogP contribution in [0.5, 0.6) is 0 Å². The van der Waals surface area contributed by atoms with Crippen molar-refractivity contribution in [1.82, 2.24) is 9.97 Å². The van der Waals surface area contributed by atoms with E-state index in [1.165, 1.54) is 16.3 Å². The van der Waals surface area contributed by atoms with Crippen LogP contribution in [0.25, 0.3) is 10.8 Å². The topological polar surface area (TPSA) is 37.8 Å². The maximum atomic E-state index is 4.24. The minimum atomic E-state index is 0.737. The second kappa shape index (κ2) is 5.36. The van der Waals surface area contributed by atoms with Crippen molar-refractivity contribution in [1.29, 1.82) is 0 Å². The predicted molar refractivity (Wildman–Crippen MR) is 81.0 cm³/mol. The number of nitrogens with zero attached hydrogens (tertiary/aromatic N) is 2. The maximum Gasteiger partial charge on any atom is 0.144 e. The van der Waals surface area contributed by atoms with Gasteiger partial charge in [-0.1, -0.05) is 36.4 Å². The number of aromatic nitrogens is 2. The highest BCUT2D eigenvalue weighted by Crippen LogP contribution is 2.16. The van der Waals surface area contributed by atoms with Gasteiger partial charge >= 0.3 is 0 Å². The van der Waals surface area contributed by atoms with Crippen LogP contribution in [0.15, 0.2) is 59.5 Å². The van der Waals surface area contributed by atoms with Crippen molar-refractivity contribution >= 4 is 32.5 Å². The first kappa shape index (κ1) is 12.1. The van der Waals surface area contributed by atoms with E-state index in [0.29, 0.717) is 0 Å². The molecule has 0 saturated heterocycles. The fraction of sp³-hybridized carbons (Fsp3) is 0.0667. The first-order valence-electron chi connectivity index (χ1n) is 6.00. The fourth-order valence-corrected chi connectivity index (χ4v) is 2.15. The molecule has 0 aliphatic rings. The fourth-order valence-electron chi connectivity index (χ4n) is 1.94. The highest BCUT2D eigenvalue weighted by atomic mass is 79.9. The van der Waals surface area contributed by atoms with Gasteiger partial charge in [0.1, 0.15) is 10.4 Å². The minimum absolute atomic E-state index is 0.737. The quantitative estimate of drug-likeness (QED) is 0.794. The molecule has 94 valence electrons. The van der Waals surface area contributed by atoms with Gasteiger partial charge in [-0.3, -0.25) is 0 Å². The first-order chi connectivity index (χ1) is 9.31. The third kappa shape index (κ3) is 2.90. The Balaban J connectivity index is 1.76. The molecule has 1 heterocycles. The summed E-state index contributed by atoms with van der Waals surface area (Å²) in [6, 6.07) is 14.8. The van der Waals surface area contributed by atoms with Gasteiger partial charge in [0.05, 0.1) is 12.4 Å². The number of hydrogen-bond acceptors (Lipinski definition) is 3.